The molecule has 1 atom stereocenters. The van der Waals surface area contributed by atoms with Crippen molar-refractivity contribution in [2.45, 2.75) is 51.6 Å². The van der Waals surface area contributed by atoms with Crippen molar-refractivity contribution in [1.82, 2.24) is 10.0 Å². The molecule has 1 aromatic carbocycles. The third kappa shape index (κ3) is 5.77. The lowest BCUT2D eigenvalue weighted by molar-refractivity contribution is 0.392. The Hall–Kier alpha value is -0.910. The highest BCUT2D eigenvalue weighted by molar-refractivity contribution is 7.89. The molecule has 1 unspecified atom stereocenters. The number of piperidine rings is 1. The number of aryl methyl sites for hydroxylation is 1. The van der Waals surface area contributed by atoms with Gasteiger partial charge in [0, 0.05) is 12.6 Å². The molecular formula is C16H26N2O2S. The van der Waals surface area contributed by atoms with Gasteiger partial charge in [0.1, 0.15) is 0 Å². The van der Waals surface area contributed by atoms with Crippen LogP contribution in [0.3, 0.4) is 0 Å². The van der Waals surface area contributed by atoms with Crippen molar-refractivity contribution in [3.8, 4) is 0 Å². The van der Waals surface area contributed by atoms with Crippen LogP contribution < -0.4 is 10.0 Å². The first-order valence-electron chi connectivity index (χ1n) is 7.87. The molecule has 1 heterocycles. The highest BCUT2D eigenvalue weighted by Gasteiger charge is 2.17. The van der Waals surface area contributed by atoms with E-state index in [9.17, 15) is 8.42 Å². The van der Waals surface area contributed by atoms with Gasteiger partial charge in [0.05, 0.1) is 5.75 Å². The van der Waals surface area contributed by atoms with E-state index in [4.69, 9.17) is 0 Å². The Morgan fingerprint density at radius 2 is 1.90 bits per heavy atom. The topological polar surface area (TPSA) is 58.2 Å². The summed E-state index contributed by atoms with van der Waals surface area (Å²) in [6, 6.07) is 8.44. The maximum atomic E-state index is 12.0. The van der Waals surface area contributed by atoms with Gasteiger partial charge in [0.25, 0.3) is 0 Å². The Morgan fingerprint density at radius 1 is 1.19 bits per heavy atom. The molecule has 118 valence electrons. The molecule has 1 aliphatic heterocycles. The molecule has 0 amide bonds. The monoisotopic (exact) mass is 310 g/mol. The summed E-state index contributed by atoms with van der Waals surface area (Å²) in [6.45, 7) is 3.50. The summed E-state index contributed by atoms with van der Waals surface area (Å²) in [4.78, 5) is 0. The Labute approximate surface area is 128 Å². The number of benzene rings is 1. The van der Waals surface area contributed by atoms with Crippen molar-refractivity contribution in [3.05, 3.63) is 35.4 Å². The summed E-state index contributed by atoms with van der Waals surface area (Å²) < 4.78 is 26.8. The summed E-state index contributed by atoms with van der Waals surface area (Å²) in [5.41, 5.74) is 2.27. The Morgan fingerprint density at radius 3 is 2.52 bits per heavy atom. The second-order valence-electron chi connectivity index (χ2n) is 5.75. The van der Waals surface area contributed by atoms with Crippen LogP contribution in [0.2, 0.25) is 0 Å². The quantitative estimate of drug-likeness (QED) is 0.812. The maximum absolute atomic E-state index is 12.0. The number of nitrogens with one attached hydrogen (secondary N) is 2. The minimum Gasteiger partial charge on any atom is -0.314 e. The summed E-state index contributed by atoms with van der Waals surface area (Å²) in [5, 5.41) is 3.39. The van der Waals surface area contributed by atoms with Crippen molar-refractivity contribution in [3.63, 3.8) is 0 Å². The highest BCUT2D eigenvalue weighted by atomic mass is 32.2. The first kappa shape index (κ1) is 16.5. The highest BCUT2D eigenvalue weighted by Crippen LogP contribution is 2.11. The molecule has 0 bridgehead atoms. The van der Waals surface area contributed by atoms with E-state index in [1.807, 2.05) is 12.1 Å². The van der Waals surface area contributed by atoms with Crippen LogP contribution >= 0.6 is 0 Å². The molecule has 2 N–H and O–H groups in total. The zero-order valence-electron chi connectivity index (χ0n) is 12.8. The lowest BCUT2D eigenvalue weighted by Crippen LogP contribution is -2.37. The molecule has 2 rings (SSSR count). The van der Waals surface area contributed by atoms with Crippen molar-refractivity contribution < 1.29 is 8.42 Å². The second kappa shape index (κ2) is 7.92. The molecule has 5 heteroatoms. The third-order valence-electron chi connectivity index (χ3n) is 4.07. The molecule has 0 saturated carbocycles. The van der Waals surface area contributed by atoms with Crippen molar-refractivity contribution in [1.29, 1.82) is 0 Å². The SMILES string of the molecule is CCc1ccc(CNS(=O)(=O)CCC2CCCCN2)cc1. The molecule has 0 spiro atoms. The Bertz CT molecular complexity index is 520. The lowest BCUT2D eigenvalue weighted by Gasteiger charge is -2.23. The molecule has 1 aliphatic rings. The van der Waals surface area contributed by atoms with Crippen LogP contribution in [0.4, 0.5) is 0 Å². The number of rotatable bonds is 7. The van der Waals surface area contributed by atoms with E-state index in [-0.39, 0.29) is 5.75 Å². The largest absolute Gasteiger partial charge is 0.314 e. The van der Waals surface area contributed by atoms with Gasteiger partial charge in [-0.2, -0.15) is 0 Å². The van der Waals surface area contributed by atoms with Gasteiger partial charge in [0.15, 0.2) is 0 Å². The van der Waals surface area contributed by atoms with E-state index in [2.05, 4.69) is 29.1 Å². The first-order valence-corrected chi connectivity index (χ1v) is 9.53. The van der Waals surface area contributed by atoms with Gasteiger partial charge in [-0.25, -0.2) is 13.1 Å². The zero-order valence-corrected chi connectivity index (χ0v) is 13.6. The van der Waals surface area contributed by atoms with Crippen LogP contribution in [-0.4, -0.2) is 26.8 Å². The molecule has 21 heavy (non-hydrogen) atoms. The van der Waals surface area contributed by atoms with E-state index >= 15 is 0 Å². The van der Waals surface area contributed by atoms with E-state index < -0.39 is 10.0 Å². The van der Waals surface area contributed by atoms with Gasteiger partial charge in [0.2, 0.25) is 10.0 Å². The van der Waals surface area contributed by atoms with Crippen molar-refractivity contribution >= 4 is 10.0 Å². The van der Waals surface area contributed by atoms with Gasteiger partial charge < -0.3 is 5.32 Å². The molecule has 0 aromatic heterocycles. The predicted octanol–water partition coefficient (Wildman–Crippen LogP) is 2.20. The van der Waals surface area contributed by atoms with Crippen LogP contribution in [0.5, 0.6) is 0 Å². The molecule has 1 aromatic rings. The van der Waals surface area contributed by atoms with E-state index in [0.29, 0.717) is 19.0 Å². The predicted molar refractivity (Wildman–Crippen MR) is 86.7 cm³/mol. The van der Waals surface area contributed by atoms with E-state index in [1.54, 1.807) is 0 Å². The zero-order chi connectivity index (χ0) is 15.1. The third-order valence-corrected chi connectivity index (χ3v) is 5.43. The van der Waals surface area contributed by atoms with Gasteiger partial charge in [-0.3, -0.25) is 0 Å². The van der Waals surface area contributed by atoms with Gasteiger partial charge in [-0.15, -0.1) is 0 Å². The summed E-state index contributed by atoms with van der Waals surface area (Å²) in [7, 11) is -3.18. The van der Waals surface area contributed by atoms with Crippen LogP contribution in [0, 0.1) is 0 Å². The molecule has 0 aliphatic carbocycles. The van der Waals surface area contributed by atoms with Crippen LogP contribution in [-0.2, 0) is 23.0 Å². The summed E-state index contributed by atoms with van der Waals surface area (Å²) in [5.74, 6) is 0.206. The fourth-order valence-corrected chi connectivity index (χ4v) is 3.75. The van der Waals surface area contributed by atoms with Crippen LogP contribution in [0.1, 0.15) is 43.7 Å². The number of hydrogen-bond donors (Lipinski definition) is 2. The average Bonchev–Trinajstić information content (AvgIpc) is 2.53. The smallest absolute Gasteiger partial charge is 0.211 e. The molecule has 4 nitrogen and oxygen atoms in total. The van der Waals surface area contributed by atoms with Crippen molar-refractivity contribution in [2.75, 3.05) is 12.3 Å². The van der Waals surface area contributed by atoms with Crippen molar-refractivity contribution in [2.24, 2.45) is 0 Å². The van der Waals surface area contributed by atoms with Crippen LogP contribution in [0.25, 0.3) is 0 Å². The fraction of sp³-hybridized carbons (Fsp3) is 0.625. The second-order valence-corrected chi connectivity index (χ2v) is 7.67. The maximum Gasteiger partial charge on any atom is 0.211 e. The normalized spacial score (nSPS) is 19.6. The van der Waals surface area contributed by atoms with Crippen LogP contribution in [0.15, 0.2) is 24.3 Å². The Kier molecular flexibility index (Phi) is 6.21. The minimum absolute atomic E-state index is 0.206. The minimum atomic E-state index is -3.18. The number of hydrogen-bond acceptors (Lipinski definition) is 3. The fourth-order valence-electron chi connectivity index (χ4n) is 2.63. The van der Waals surface area contributed by atoms with Gasteiger partial charge in [-0.1, -0.05) is 37.6 Å². The van der Waals surface area contributed by atoms with E-state index in [1.165, 1.54) is 18.4 Å². The summed E-state index contributed by atoms with van der Waals surface area (Å²) >= 11 is 0. The summed E-state index contributed by atoms with van der Waals surface area (Å²) in [6.07, 6.45) is 5.20. The number of sulfonamides is 1. The lowest BCUT2D eigenvalue weighted by atomic mass is 10.0. The molecular weight excluding hydrogens is 284 g/mol. The molecule has 1 fully saturated rings. The molecule has 0 radical (unpaired) electrons. The first-order chi connectivity index (χ1) is 10.1. The van der Waals surface area contributed by atoms with Gasteiger partial charge >= 0.3 is 0 Å². The van der Waals surface area contributed by atoms with E-state index in [0.717, 1.165) is 24.9 Å². The van der Waals surface area contributed by atoms with Gasteiger partial charge in [-0.05, 0) is 43.4 Å². The Balaban J connectivity index is 1.77. The standard InChI is InChI=1S/C16H26N2O2S/c1-2-14-6-8-15(9-7-14)13-18-21(19,20)12-10-16-5-3-4-11-17-16/h6-9,16-18H,2-5,10-13H2,1H3. The average molecular weight is 310 g/mol. The molecule has 1 saturated heterocycles.